The van der Waals surface area contributed by atoms with Crippen molar-refractivity contribution in [3.63, 3.8) is 0 Å². The Morgan fingerprint density at radius 1 is 1.40 bits per heavy atom. The molecule has 0 radical (unpaired) electrons. The number of likely N-dealkylation sites (N-methyl/N-ethyl adjacent to an activating group) is 1. The van der Waals surface area contributed by atoms with Gasteiger partial charge in [-0.05, 0) is 13.3 Å². The third-order valence-electron chi connectivity index (χ3n) is 3.00. The van der Waals surface area contributed by atoms with Gasteiger partial charge in [-0.1, -0.05) is 6.92 Å². The third kappa shape index (κ3) is 3.40. The van der Waals surface area contributed by atoms with Crippen LogP contribution in [0.3, 0.4) is 0 Å². The second-order valence-electron chi connectivity index (χ2n) is 4.43. The van der Waals surface area contributed by atoms with Crippen molar-refractivity contribution in [2.24, 2.45) is 0 Å². The Balaban J connectivity index is 3.01. The van der Waals surface area contributed by atoms with Gasteiger partial charge in [-0.25, -0.2) is 4.79 Å². The standard InChI is InChI=1S/C12H21N5O3/c1-4-6-17-10(13)9(11(19)15-12(17)20)14-7-8(18)16(3)5-2/h14H,4-7,13H2,1-3H3,(H,15,19,20). The van der Waals surface area contributed by atoms with Crippen LogP contribution in [0.15, 0.2) is 9.59 Å². The van der Waals surface area contributed by atoms with Gasteiger partial charge in [-0.15, -0.1) is 0 Å². The molecule has 0 saturated carbocycles. The van der Waals surface area contributed by atoms with Crippen LogP contribution in [0.2, 0.25) is 0 Å². The molecule has 0 fully saturated rings. The van der Waals surface area contributed by atoms with E-state index in [1.54, 1.807) is 7.05 Å². The highest BCUT2D eigenvalue weighted by atomic mass is 16.2. The van der Waals surface area contributed by atoms with Crippen LogP contribution in [-0.2, 0) is 11.3 Å². The summed E-state index contributed by atoms with van der Waals surface area (Å²) in [6.07, 6.45) is 0.701. The third-order valence-corrected chi connectivity index (χ3v) is 3.00. The van der Waals surface area contributed by atoms with Gasteiger partial charge < -0.3 is 16.0 Å². The molecule has 4 N–H and O–H groups in total. The van der Waals surface area contributed by atoms with E-state index in [0.29, 0.717) is 19.5 Å². The number of rotatable bonds is 6. The van der Waals surface area contributed by atoms with Crippen molar-refractivity contribution >= 4 is 17.4 Å². The number of nitrogens with zero attached hydrogens (tertiary/aromatic N) is 2. The lowest BCUT2D eigenvalue weighted by Crippen LogP contribution is -2.37. The van der Waals surface area contributed by atoms with Gasteiger partial charge in [0.15, 0.2) is 0 Å². The molecule has 1 aromatic rings. The van der Waals surface area contributed by atoms with Crippen LogP contribution in [0.5, 0.6) is 0 Å². The molecule has 1 aromatic heterocycles. The Morgan fingerprint density at radius 2 is 2.05 bits per heavy atom. The molecule has 0 atom stereocenters. The Kier molecular flexibility index (Phi) is 5.36. The lowest BCUT2D eigenvalue weighted by Gasteiger charge is -2.16. The number of hydrogen-bond acceptors (Lipinski definition) is 5. The highest BCUT2D eigenvalue weighted by Gasteiger charge is 2.13. The van der Waals surface area contributed by atoms with Gasteiger partial charge in [0, 0.05) is 20.1 Å². The smallest absolute Gasteiger partial charge is 0.330 e. The number of nitrogen functional groups attached to an aromatic ring is 1. The summed E-state index contributed by atoms with van der Waals surface area (Å²) in [5, 5.41) is 2.70. The van der Waals surface area contributed by atoms with Gasteiger partial charge in [-0.2, -0.15) is 0 Å². The van der Waals surface area contributed by atoms with E-state index in [-0.39, 0.29) is 24.0 Å². The van der Waals surface area contributed by atoms with E-state index in [4.69, 9.17) is 5.73 Å². The lowest BCUT2D eigenvalue weighted by molar-refractivity contribution is -0.127. The van der Waals surface area contributed by atoms with Crippen LogP contribution in [0.4, 0.5) is 11.5 Å². The summed E-state index contributed by atoms with van der Waals surface area (Å²) in [7, 11) is 1.66. The summed E-state index contributed by atoms with van der Waals surface area (Å²) in [5.41, 5.74) is 4.71. The van der Waals surface area contributed by atoms with Gasteiger partial charge in [0.05, 0.1) is 6.54 Å². The quantitative estimate of drug-likeness (QED) is 0.646. The molecule has 0 aromatic carbocycles. The predicted octanol–water partition coefficient (Wildman–Crippen LogP) is -0.581. The van der Waals surface area contributed by atoms with Crippen molar-refractivity contribution in [3.8, 4) is 0 Å². The number of nitrogens with two attached hydrogens (primary N) is 1. The van der Waals surface area contributed by atoms with Crippen molar-refractivity contribution in [1.82, 2.24) is 14.5 Å². The van der Waals surface area contributed by atoms with E-state index in [9.17, 15) is 14.4 Å². The zero-order valence-electron chi connectivity index (χ0n) is 12.0. The summed E-state index contributed by atoms with van der Waals surface area (Å²) in [4.78, 5) is 38.7. The first-order chi connectivity index (χ1) is 9.42. The molecule has 0 aliphatic carbocycles. The Labute approximate surface area is 116 Å². The predicted molar refractivity (Wildman–Crippen MR) is 77.8 cm³/mol. The molecule has 112 valence electrons. The average molecular weight is 283 g/mol. The van der Waals surface area contributed by atoms with E-state index in [2.05, 4.69) is 10.3 Å². The first kappa shape index (κ1) is 15.8. The van der Waals surface area contributed by atoms with Crippen molar-refractivity contribution in [2.45, 2.75) is 26.8 Å². The number of aromatic amines is 1. The van der Waals surface area contributed by atoms with Crippen LogP contribution in [-0.4, -0.2) is 40.5 Å². The molecule has 8 heteroatoms. The Hall–Kier alpha value is -2.25. The molecule has 8 nitrogen and oxygen atoms in total. The molecule has 20 heavy (non-hydrogen) atoms. The number of hydrogen-bond donors (Lipinski definition) is 3. The van der Waals surface area contributed by atoms with Crippen molar-refractivity contribution < 1.29 is 4.79 Å². The molecule has 0 aliphatic heterocycles. The minimum absolute atomic E-state index is 0.0487. The maximum atomic E-state index is 11.7. The number of carbonyl (C=O) groups is 1. The van der Waals surface area contributed by atoms with Gasteiger partial charge in [-0.3, -0.25) is 19.1 Å². The van der Waals surface area contributed by atoms with Crippen LogP contribution >= 0.6 is 0 Å². The average Bonchev–Trinajstić information content (AvgIpc) is 2.41. The summed E-state index contributed by atoms with van der Waals surface area (Å²) >= 11 is 0. The first-order valence-corrected chi connectivity index (χ1v) is 6.52. The second-order valence-corrected chi connectivity index (χ2v) is 4.43. The lowest BCUT2D eigenvalue weighted by atomic mass is 10.4. The molecular formula is C12H21N5O3. The number of carbonyl (C=O) groups excluding carboxylic acids is 1. The molecule has 0 unspecified atom stereocenters. The highest BCUT2D eigenvalue weighted by molar-refractivity contribution is 5.81. The summed E-state index contributed by atoms with van der Waals surface area (Å²) in [5.74, 6) is -0.118. The summed E-state index contributed by atoms with van der Waals surface area (Å²) in [6, 6.07) is 0. The number of anilines is 2. The molecule has 0 saturated heterocycles. The van der Waals surface area contributed by atoms with Crippen molar-refractivity contribution in [1.29, 1.82) is 0 Å². The zero-order chi connectivity index (χ0) is 15.3. The van der Waals surface area contributed by atoms with Crippen molar-refractivity contribution in [3.05, 3.63) is 20.8 Å². The molecular weight excluding hydrogens is 262 g/mol. The van der Waals surface area contributed by atoms with Crippen LogP contribution < -0.4 is 22.3 Å². The summed E-state index contributed by atoms with van der Waals surface area (Å²) in [6.45, 7) is 4.66. The van der Waals surface area contributed by atoms with Gasteiger partial charge >= 0.3 is 5.69 Å². The molecule has 1 rings (SSSR count). The van der Waals surface area contributed by atoms with E-state index < -0.39 is 11.2 Å². The van der Waals surface area contributed by atoms with Gasteiger partial charge in [0.25, 0.3) is 5.56 Å². The maximum absolute atomic E-state index is 11.7. The second kappa shape index (κ2) is 6.78. The minimum atomic E-state index is -0.619. The monoisotopic (exact) mass is 283 g/mol. The number of aromatic nitrogens is 2. The van der Waals surface area contributed by atoms with Crippen molar-refractivity contribution in [2.75, 3.05) is 31.2 Å². The van der Waals surface area contributed by atoms with E-state index in [0.717, 1.165) is 0 Å². The number of nitrogens with one attached hydrogen (secondary N) is 2. The van der Waals surface area contributed by atoms with Crippen LogP contribution in [0.1, 0.15) is 20.3 Å². The topological polar surface area (TPSA) is 113 Å². The SMILES string of the molecule is CCCn1c(N)c(NCC(=O)N(C)CC)c(=O)[nH]c1=O. The molecule has 0 aliphatic rings. The summed E-state index contributed by atoms with van der Waals surface area (Å²) < 4.78 is 1.28. The fourth-order valence-electron chi connectivity index (χ4n) is 1.68. The number of amides is 1. The highest BCUT2D eigenvalue weighted by Crippen LogP contribution is 2.10. The Bertz CT molecular complexity index is 590. The van der Waals surface area contributed by atoms with E-state index >= 15 is 0 Å². The molecule has 0 bridgehead atoms. The largest absolute Gasteiger partial charge is 0.383 e. The fraction of sp³-hybridized carbons (Fsp3) is 0.583. The fourth-order valence-corrected chi connectivity index (χ4v) is 1.68. The number of H-pyrrole nitrogens is 1. The zero-order valence-corrected chi connectivity index (χ0v) is 12.0. The van der Waals surface area contributed by atoms with Gasteiger partial charge in [0.1, 0.15) is 11.5 Å². The Morgan fingerprint density at radius 3 is 2.60 bits per heavy atom. The normalized spacial score (nSPS) is 10.3. The van der Waals surface area contributed by atoms with Gasteiger partial charge in [0.2, 0.25) is 5.91 Å². The van der Waals surface area contributed by atoms with Crippen LogP contribution in [0, 0.1) is 0 Å². The first-order valence-electron chi connectivity index (χ1n) is 6.52. The van der Waals surface area contributed by atoms with Crippen LogP contribution in [0.25, 0.3) is 0 Å². The van der Waals surface area contributed by atoms with E-state index in [1.165, 1.54) is 9.47 Å². The van der Waals surface area contributed by atoms with E-state index in [1.807, 2.05) is 13.8 Å². The minimum Gasteiger partial charge on any atom is -0.383 e. The molecule has 1 heterocycles. The molecule has 0 spiro atoms. The maximum Gasteiger partial charge on any atom is 0.330 e. The molecule has 1 amide bonds.